The third kappa shape index (κ3) is 4.72. The number of hydrogen-bond acceptors (Lipinski definition) is 5. The van der Waals surface area contributed by atoms with E-state index in [1.165, 1.54) is 17.7 Å². The van der Waals surface area contributed by atoms with Crippen LogP contribution in [0.5, 0.6) is 0 Å². The molecule has 1 aromatic rings. The molecule has 4 nitrogen and oxygen atoms in total. The molecule has 0 radical (unpaired) electrons. The Morgan fingerprint density at radius 2 is 2.30 bits per heavy atom. The lowest BCUT2D eigenvalue weighted by molar-refractivity contribution is 0.0526. The summed E-state index contributed by atoms with van der Waals surface area (Å²) in [4.78, 5) is 8.25. The zero-order valence-electron chi connectivity index (χ0n) is 13.1. The molecule has 5 heteroatoms. The molecule has 1 unspecified atom stereocenters. The summed E-state index contributed by atoms with van der Waals surface area (Å²) in [5, 5.41) is 4.65. The van der Waals surface area contributed by atoms with Gasteiger partial charge >= 0.3 is 0 Å². The molecule has 114 valence electrons. The molecule has 0 aromatic carbocycles. The number of nitrogens with zero attached hydrogens (tertiary/aromatic N) is 2. The van der Waals surface area contributed by atoms with Gasteiger partial charge in [-0.05, 0) is 40.5 Å². The van der Waals surface area contributed by atoms with E-state index in [-0.39, 0.29) is 5.54 Å². The molecule has 2 heterocycles. The van der Waals surface area contributed by atoms with Crippen LogP contribution in [0.1, 0.15) is 45.4 Å². The largest absolute Gasteiger partial charge is 0.377 e. The van der Waals surface area contributed by atoms with Gasteiger partial charge in [0.15, 0.2) is 5.13 Å². The Labute approximate surface area is 126 Å². The van der Waals surface area contributed by atoms with E-state index in [0.717, 1.165) is 31.4 Å². The van der Waals surface area contributed by atoms with E-state index in [0.29, 0.717) is 6.10 Å². The standard InChI is InChI=1S/C15H27N3OS/c1-5-19-12-7-6-8-18(11-12)14-16-9-13(20-14)10-17-15(2,3)4/h9,12,17H,5-8,10-11H2,1-4H3. The first-order chi connectivity index (χ1) is 9.48. The Morgan fingerprint density at radius 3 is 3.00 bits per heavy atom. The first-order valence-corrected chi connectivity index (χ1v) is 8.36. The van der Waals surface area contributed by atoms with Crippen LogP contribution in [0.15, 0.2) is 6.20 Å². The molecule has 1 aromatic heterocycles. The molecule has 1 N–H and O–H groups in total. The fourth-order valence-corrected chi connectivity index (χ4v) is 3.25. The van der Waals surface area contributed by atoms with Crippen molar-refractivity contribution >= 4 is 16.5 Å². The van der Waals surface area contributed by atoms with Crippen molar-refractivity contribution in [3.8, 4) is 0 Å². The van der Waals surface area contributed by atoms with E-state index in [1.807, 2.05) is 6.20 Å². The summed E-state index contributed by atoms with van der Waals surface area (Å²) in [5.74, 6) is 0. The van der Waals surface area contributed by atoms with Crippen LogP contribution in [0.4, 0.5) is 5.13 Å². The molecule has 1 atom stereocenters. The van der Waals surface area contributed by atoms with E-state index in [9.17, 15) is 0 Å². The van der Waals surface area contributed by atoms with Crippen LogP contribution in [0.25, 0.3) is 0 Å². The van der Waals surface area contributed by atoms with Crippen molar-refractivity contribution in [3.05, 3.63) is 11.1 Å². The summed E-state index contributed by atoms with van der Waals surface area (Å²) in [5.41, 5.74) is 0.148. The maximum absolute atomic E-state index is 5.76. The molecule has 0 spiro atoms. The predicted molar refractivity (Wildman–Crippen MR) is 85.6 cm³/mol. The fraction of sp³-hybridized carbons (Fsp3) is 0.800. The predicted octanol–water partition coefficient (Wildman–Crippen LogP) is 3.04. The summed E-state index contributed by atoms with van der Waals surface area (Å²) < 4.78 is 5.76. The van der Waals surface area contributed by atoms with Gasteiger partial charge in [0, 0.05) is 42.9 Å². The van der Waals surface area contributed by atoms with Gasteiger partial charge in [-0.15, -0.1) is 11.3 Å². The topological polar surface area (TPSA) is 37.4 Å². The van der Waals surface area contributed by atoms with E-state index in [1.54, 1.807) is 11.3 Å². The van der Waals surface area contributed by atoms with Gasteiger partial charge in [-0.2, -0.15) is 0 Å². The maximum Gasteiger partial charge on any atom is 0.185 e. The van der Waals surface area contributed by atoms with Crippen molar-refractivity contribution < 1.29 is 4.74 Å². The molecule has 1 fully saturated rings. The molecule has 20 heavy (non-hydrogen) atoms. The highest BCUT2D eigenvalue weighted by Crippen LogP contribution is 2.26. The molecular weight excluding hydrogens is 270 g/mol. The molecule has 2 rings (SSSR count). The van der Waals surface area contributed by atoms with Crippen LogP contribution < -0.4 is 10.2 Å². The summed E-state index contributed by atoms with van der Waals surface area (Å²) in [6.45, 7) is 12.4. The summed E-state index contributed by atoms with van der Waals surface area (Å²) in [6.07, 6.45) is 4.74. The zero-order chi connectivity index (χ0) is 14.6. The van der Waals surface area contributed by atoms with Crippen molar-refractivity contribution in [1.29, 1.82) is 0 Å². The van der Waals surface area contributed by atoms with Gasteiger partial charge in [0.1, 0.15) is 0 Å². The van der Waals surface area contributed by atoms with Crippen LogP contribution in [-0.4, -0.2) is 36.3 Å². The van der Waals surface area contributed by atoms with Gasteiger partial charge in [0.05, 0.1) is 6.10 Å². The van der Waals surface area contributed by atoms with E-state index in [4.69, 9.17) is 4.74 Å². The fourth-order valence-electron chi connectivity index (χ4n) is 2.36. The Kier molecular flexibility index (Phi) is 5.41. The number of thiazole rings is 1. The third-order valence-electron chi connectivity index (χ3n) is 3.39. The smallest absolute Gasteiger partial charge is 0.185 e. The average molecular weight is 297 g/mol. The van der Waals surface area contributed by atoms with Crippen LogP contribution in [0, 0.1) is 0 Å². The second-order valence-electron chi connectivity index (χ2n) is 6.38. The molecule has 0 aliphatic carbocycles. The van der Waals surface area contributed by atoms with Gasteiger partial charge in [-0.1, -0.05) is 0 Å². The second kappa shape index (κ2) is 6.87. The van der Waals surface area contributed by atoms with Crippen LogP contribution in [-0.2, 0) is 11.3 Å². The minimum Gasteiger partial charge on any atom is -0.377 e. The molecule has 0 amide bonds. The second-order valence-corrected chi connectivity index (χ2v) is 7.47. The lowest BCUT2D eigenvalue weighted by Gasteiger charge is -2.32. The quantitative estimate of drug-likeness (QED) is 0.906. The zero-order valence-corrected chi connectivity index (χ0v) is 13.9. The monoisotopic (exact) mass is 297 g/mol. The minimum absolute atomic E-state index is 0.148. The number of rotatable bonds is 5. The number of piperidine rings is 1. The van der Waals surface area contributed by atoms with E-state index >= 15 is 0 Å². The van der Waals surface area contributed by atoms with Crippen molar-refractivity contribution in [2.45, 2.75) is 58.7 Å². The number of aromatic nitrogens is 1. The third-order valence-corrected chi connectivity index (χ3v) is 4.44. The maximum atomic E-state index is 5.76. The van der Waals surface area contributed by atoms with Crippen LogP contribution >= 0.6 is 11.3 Å². The normalized spacial score (nSPS) is 20.4. The summed E-state index contributed by atoms with van der Waals surface area (Å²) in [6, 6.07) is 0. The highest BCUT2D eigenvalue weighted by molar-refractivity contribution is 7.15. The average Bonchev–Trinajstić information content (AvgIpc) is 2.85. The minimum atomic E-state index is 0.148. The van der Waals surface area contributed by atoms with Gasteiger partial charge in [0.25, 0.3) is 0 Å². The highest BCUT2D eigenvalue weighted by Gasteiger charge is 2.22. The summed E-state index contributed by atoms with van der Waals surface area (Å²) in [7, 11) is 0. The first kappa shape index (κ1) is 15.7. The van der Waals surface area contributed by atoms with E-state index < -0.39 is 0 Å². The Hall–Kier alpha value is -0.650. The Bertz CT molecular complexity index is 411. The molecule has 0 bridgehead atoms. The molecular formula is C15H27N3OS. The molecule has 1 saturated heterocycles. The van der Waals surface area contributed by atoms with Crippen molar-refractivity contribution in [1.82, 2.24) is 10.3 Å². The van der Waals surface area contributed by atoms with Gasteiger partial charge in [0.2, 0.25) is 0 Å². The van der Waals surface area contributed by atoms with Crippen molar-refractivity contribution in [2.24, 2.45) is 0 Å². The SMILES string of the molecule is CCOC1CCCN(c2ncc(CNC(C)(C)C)s2)C1. The van der Waals surface area contributed by atoms with Gasteiger partial charge < -0.3 is 15.0 Å². The highest BCUT2D eigenvalue weighted by atomic mass is 32.1. The molecule has 1 aliphatic rings. The number of anilines is 1. The van der Waals surface area contributed by atoms with Gasteiger partial charge in [-0.3, -0.25) is 0 Å². The number of ether oxygens (including phenoxy) is 1. The molecule has 0 saturated carbocycles. The lowest BCUT2D eigenvalue weighted by atomic mass is 10.1. The van der Waals surface area contributed by atoms with E-state index in [2.05, 4.69) is 42.9 Å². The van der Waals surface area contributed by atoms with Gasteiger partial charge in [-0.25, -0.2) is 4.98 Å². The molecule has 1 aliphatic heterocycles. The Morgan fingerprint density at radius 1 is 1.50 bits per heavy atom. The Balaban J connectivity index is 1.91. The van der Waals surface area contributed by atoms with Crippen molar-refractivity contribution in [3.63, 3.8) is 0 Å². The van der Waals surface area contributed by atoms with Crippen LogP contribution in [0.2, 0.25) is 0 Å². The number of hydrogen-bond donors (Lipinski definition) is 1. The van der Waals surface area contributed by atoms with Crippen molar-refractivity contribution in [2.75, 3.05) is 24.6 Å². The number of nitrogens with one attached hydrogen (secondary N) is 1. The lowest BCUT2D eigenvalue weighted by Crippen LogP contribution is -2.39. The summed E-state index contributed by atoms with van der Waals surface area (Å²) >= 11 is 1.80. The first-order valence-electron chi connectivity index (χ1n) is 7.54. The van der Waals surface area contributed by atoms with Crippen LogP contribution in [0.3, 0.4) is 0 Å².